The molecule has 1 aliphatic carbocycles. The summed E-state index contributed by atoms with van der Waals surface area (Å²) in [6.45, 7) is 3.35. The van der Waals surface area contributed by atoms with E-state index in [-0.39, 0.29) is 24.0 Å². The summed E-state index contributed by atoms with van der Waals surface area (Å²) in [7, 11) is 3.60. The van der Waals surface area contributed by atoms with Gasteiger partial charge in [-0.1, -0.05) is 36.8 Å². The molecule has 0 amide bonds. The smallest absolute Gasteiger partial charge is 0.191 e. The fourth-order valence-corrected chi connectivity index (χ4v) is 3.77. The molecule has 1 fully saturated rings. The van der Waals surface area contributed by atoms with Crippen molar-refractivity contribution in [2.75, 3.05) is 27.3 Å². The molecule has 0 aliphatic heterocycles. The summed E-state index contributed by atoms with van der Waals surface area (Å²) in [6, 6.07) is 10.6. The number of ether oxygens (including phenoxy) is 1. The topological polar surface area (TPSA) is 63.5 Å². The van der Waals surface area contributed by atoms with Crippen molar-refractivity contribution < 1.29 is 4.74 Å². The quantitative estimate of drug-likeness (QED) is 0.291. The number of methoxy groups -OCH3 is 1. The summed E-state index contributed by atoms with van der Waals surface area (Å²) >= 11 is 0. The number of halogens is 1. The Morgan fingerprint density at radius 2 is 2.03 bits per heavy atom. The molecule has 1 aromatic heterocycles. The Balaban J connectivity index is 0.00000300. The molecule has 1 heterocycles. The van der Waals surface area contributed by atoms with Crippen molar-refractivity contribution in [3.63, 3.8) is 0 Å². The Labute approximate surface area is 191 Å². The zero-order chi connectivity index (χ0) is 19.7. The predicted octanol–water partition coefficient (Wildman–Crippen LogP) is 3.62. The Hall–Kier alpha value is -1.61. The molecule has 0 atom stereocenters. The van der Waals surface area contributed by atoms with Gasteiger partial charge < -0.3 is 19.9 Å². The van der Waals surface area contributed by atoms with Crippen LogP contribution < -0.4 is 10.6 Å². The zero-order valence-electron chi connectivity index (χ0n) is 17.6. The lowest BCUT2D eigenvalue weighted by Crippen LogP contribution is -2.46. The molecular formula is C22H34IN5O. The SMILES string of the molecule is CN=C(NCc1nccn1CCc1ccccc1)NCC1(CCOC)CCC1.I. The van der Waals surface area contributed by atoms with Crippen molar-refractivity contribution in [1.82, 2.24) is 20.2 Å². The van der Waals surface area contributed by atoms with Crippen LogP contribution in [-0.4, -0.2) is 42.8 Å². The fraction of sp³-hybridized carbons (Fsp3) is 0.545. The minimum atomic E-state index is 0. The number of nitrogens with one attached hydrogen (secondary N) is 2. The normalized spacial score (nSPS) is 15.3. The van der Waals surface area contributed by atoms with E-state index >= 15 is 0 Å². The minimum Gasteiger partial charge on any atom is -0.385 e. The second-order valence-electron chi connectivity index (χ2n) is 7.65. The maximum atomic E-state index is 5.29. The van der Waals surface area contributed by atoms with Crippen molar-refractivity contribution >= 4 is 29.9 Å². The zero-order valence-corrected chi connectivity index (χ0v) is 19.9. The number of nitrogens with zero attached hydrogens (tertiary/aromatic N) is 3. The second-order valence-corrected chi connectivity index (χ2v) is 7.65. The molecule has 0 radical (unpaired) electrons. The molecule has 1 aliphatic rings. The van der Waals surface area contributed by atoms with Crippen molar-refractivity contribution in [2.45, 2.75) is 45.2 Å². The molecule has 7 heteroatoms. The number of rotatable bonds is 10. The highest BCUT2D eigenvalue weighted by molar-refractivity contribution is 14.0. The number of benzene rings is 1. The molecular weight excluding hydrogens is 477 g/mol. The maximum absolute atomic E-state index is 5.29. The molecule has 0 unspecified atom stereocenters. The lowest BCUT2D eigenvalue weighted by Gasteiger charge is -2.42. The van der Waals surface area contributed by atoms with Crippen LogP contribution in [0.2, 0.25) is 0 Å². The van der Waals surface area contributed by atoms with Gasteiger partial charge in [-0.2, -0.15) is 0 Å². The highest BCUT2D eigenvalue weighted by Crippen LogP contribution is 2.43. The minimum absolute atomic E-state index is 0. The van der Waals surface area contributed by atoms with Crippen LogP contribution in [0.5, 0.6) is 0 Å². The number of hydrogen-bond donors (Lipinski definition) is 2. The first-order chi connectivity index (χ1) is 13.7. The summed E-state index contributed by atoms with van der Waals surface area (Å²) in [5.74, 6) is 1.86. The van der Waals surface area contributed by atoms with E-state index in [1.54, 1.807) is 7.11 Å². The standard InChI is InChI=1S/C22H33N5O.HI/c1-23-21(26-18-22(10-6-11-22)12-16-28-2)25-17-20-24-13-15-27(20)14-9-19-7-4-3-5-8-19;/h3-5,7-8,13,15H,6,9-12,14,16-18H2,1-2H3,(H2,23,25,26);1H. The molecule has 0 spiro atoms. The van der Waals surface area contributed by atoms with Gasteiger partial charge in [0.1, 0.15) is 5.82 Å². The van der Waals surface area contributed by atoms with Gasteiger partial charge in [0.15, 0.2) is 5.96 Å². The van der Waals surface area contributed by atoms with Gasteiger partial charge in [-0.25, -0.2) is 4.98 Å². The van der Waals surface area contributed by atoms with Crippen LogP contribution in [-0.2, 0) is 24.2 Å². The van der Waals surface area contributed by atoms with Gasteiger partial charge in [0.05, 0.1) is 6.54 Å². The van der Waals surface area contributed by atoms with Crippen molar-refractivity contribution in [3.8, 4) is 0 Å². The molecule has 29 heavy (non-hydrogen) atoms. The Morgan fingerprint density at radius 1 is 1.24 bits per heavy atom. The number of imidazole rings is 1. The molecule has 3 rings (SSSR count). The van der Waals surface area contributed by atoms with E-state index in [4.69, 9.17) is 4.74 Å². The average molecular weight is 511 g/mol. The predicted molar refractivity (Wildman–Crippen MR) is 129 cm³/mol. The highest BCUT2D eigenvalue weighted by Gasteiger charge is 2.36. The summed E-state index contributed by atoms with van der Waals surface area (Å²) in [5.41, 5.74) is 1.70. The average Bonchev–Trinajstić information content (AvgIpc) is 3.15. The van der Waals surface area contributed by atoms with Crippen LogP contribution in [0, 0.1) is 5.41 Å². The first kappa shape index (κ1) is 23.7. The third kappa shape index (κ3) is 6.99. The Kier molecular flexibility index (Phi) is 9.93. The van der Waals surface area contributed by atoms with E-state index in [1.807, 2.05) is 19.4 Å². The van der Waals surface area contributed by atoms with Crippen LogP contribution in [0.4, 0.5) is 0 Å². The van der Waals surface area contributed by atoms with Gasteiger partial charge in [0.25, 0.3) is 0 Å². The molecule has 0 saturated heterocycles. The largest absolute Gasteiger partial charge is 0.385 e. The molecule has 1 saturated carbocycles. The van der Waals surface area contributed by atoms with Crippen LogP contribution >= 0.6 is 24.0 Å². The highest BCUT2D eigenvalue weighted by atomic mass is 127. The molecule has 2 N–H and O–H groups in total. The Bertz CT molecular complexity index is 743. The summed E-state index contributed by atoms with van der Waals surface area (Å²) in [4.78, 5) is 8.89. The van der Waals surface area contributed by atoms with Gasteiger partial charge in [-0.15, -0.1) is 24.0 Å². The molecule has 0 bridgehead atoms. The molecule has 6 nitrogen and oxygen atoms in total. The lowest BCUT2D eigenvalue weighted by molar-refractivity contribution is 0.0732. The monoisotopic (exact) mass is 511 g/mol. The third-order valence-corrected chi connectivity index (χ3v) is 5.81. The summed E-state index contributed by atoms with van der Waals surface area (Å²) in [5, 5.41) is 6.92. The van der Waals surface area contributed by atoms with Crippen LogP contribution in [0.15, 0.2) is 47.7 Å². The van der Waals surface area contributed by atoms with Crippen molar-refractivity contribution in [1.29, 1.82) is 0 Å². The van der Waals surface area contributed by atoms with Gasteiger partial charge in [-0.3, -0.25) is 4.99 Å². The van der Waals surface area contributed by atoms with Gasteiger partial charge in [0, 0.05) is 46.2 Å². The molecule has 160 valence electrons. The second kappa shape index (κ2) is 12.2. The van der Waals surface area contributed by atoms with Crippen molar-refractivity contribution in [2.24, 2.45) is 10.4 Å². The molecule has 2 aromatic rings. The number of guanidine groups is 1. The van der Waals surface area contributed by atoms with Gasteiger partial charge in [-0.05, 0) is 36.7 Å². The van der Waals surface area contributed by atoms with Crippen LogP contribution in [0.3, 0.4) is 0 Å². The third-order valence-electron chi connectivity index (χ3n) is 5.81. The Morgan fingerprint density at radius 3 is 2.69 bits per heavy atom. The number of aromatic nitrogens is 2. The number of aliphatic imine (C=N–C) groups is 1. The number of aryl methyl sites for hydroxylation is 2. The van der Waals surface area contributed by atoms with E-state index < -0.39 is 0 Å². The van der Waals surface area contributed by atoms with Crippen LogP contribution in [0.1, 0.15) is 37.1 Å². The number of hydrogen-bond acceptors (Lipinski definition) is 3. The van der Waals surface area contributed by atoms with Gasteiger partial charge >= 0.3 is 0 Å². The van der Waals surface area contributed by atoms with E-state index in [2.05, 4.69) is 55.5 Å². The fourth-order valence-electron chi connectivity index (χ4n) is 3.77. The van der Waals surface area contributed by atoms with E-state index in [9.17, 15) is 0 Å². The lowest BCUT2D eigenvalue weighted by atomic mass is 9.67. The first-order valence-electron chi connectivity index (χ1n) is 10.2. The molecule has 1 aromatic carbocycles. The van der Waals surface area contributed by atoms with E-state index in [0.29, 0.717) is 12.0 Å². The first-order valence-corrected chi connectivity index (χ1v) is 10.2. The van der Waals surface area contributed by atoms with E-state index in [0.717, 1.165) is 44.3 Å². The summed E-state index contributed by atoms with van der Waals surface area (Å²) < 4.78 is 7.49. The van der Waals surface area contributed by atoms with Gasteiger partial charge in [0.2, 0.25) is 0 Å². The van der Waals surface area contributed by atoms with E-state index in [1.165, 1.54) is 24.8 Å². The summed E-state index contributed by atoms with van der Waals surface area (Å²) in [6.07, 6.45) is 9.87. The van der Waals surface area contributed by atoms with Crippen molar-refractivity contribution in [3.05, 3.63) is 54.1 Å². The van der Waals surface area contributed by atoms with Crippen LogP contribution in [0.25, 0.3) is 0 Å². The maximum Gasteiger partial charge on any atom is 0.191 e.